The number of rotatable bonds is 8. The molecule has 39 heavy (non-hydrogen) atoms. The van der Waals surface area contributed by atoms with Gasteiger partial charge in [0, 0.05) is 29.5 Å². The normalized spacial score (nSPS) is 16.1. The predicted molar refractivity (Wildman–Crippen MR) is 124 cm³/mol. The predicted octanol–water partition coefficient (Wildman–Crippen LogP) is 5.24. The van der Waals surface area contributed by atoms with Gasteiger partial charge in [-0.05, 0) is 32.1 Å². The number of ether oxygens (including phenoxy) is 2. The Morgan fingerprint density at radius 1 is 1.26 bits per heavy atom. The lowest BCUT2D eigenvalue weighted by atomic mass is 10.0. The van der Waals surface area contributed by atoms with Crippen LogP contribution >= 0.6 is 0 Å². The molecule has 3 rings (SSSR count). The molecule has 1 unspecified atom stereocenters. The molecule has 0 spiro atoms. The second kappa shape index (κ2) is 10.9. The van der Waals surface area contributed by atoms with Gasteiger partial charge < -0.3 is 14.8 Å². The molecular weight excluding hydrogens is 539 g/mol. The Morgan fingerprint density at radius 2 is 1.92 bits per heavy atom. The molecular formula is C24H20F7N5O3. The van der Waals surface area contributed by atoms with Crippen LogP contribution in [0.4, 0.5) is 30.7 Å². The minimum atomic E-state index is -6.19. The van der Waals surface area contributed by atoms with E-state index in [1.54, 1.807) is 13.0 Å². The topological polar surface area (TPSA) is 102 Å². The van der Waals surface area contributed by atoms with Gasteiger partial charge in [-0.1, -0.05) is 6.58 Å². The van der Waals surface area contributed by atoms with Crippen molar-refractivity contribution in [3.63, 3.8) is 0 Å². The Balaban J connectivity index is 2.26. The zero-order valence-corrected chi connectivity index (χ0v) is 20.5. The molecule has 0 radical (unpaired) electrons. The molecule has 208 valence electrons. The zero-order chi connectivity index (χ0) is 29.3. The van der Waals surface area contributed by atoms with Crippen LogP contribution in [0.1, 0.15) is 35.7 Å². The fourth-order valence-corrected chi connectivity index (χ4v) is 3.62. The number of alkyl halides is 7. The molecule has 0 saturated heterocycles. The Kier molecular flexibility index (Phi) is 8.20. The molecule has 1 aliphatic heterocycles. The van der Waals surface area contributed by atoms with E-state index in [1.807, 2.05) is 0 Å². The van der Waals surface area contributed by atoms with E-state index in [1.165, 1.54) is 20.1 Å². The van der Waals surface area contributed by atoms with Gasteiger partial charge in [-0.25, -0.2) is 18.8 Å². The van der Waals surface area contributed by atoms with Crippen molar-refractivity contribution in [3.05, 3.63) is 75.1 Å². The maximum Gasteiger partial charge on any atom is 0.459 e. The molecule has 0 amide bonds. The zero-order valence-electron chi connectivity index (χ0n) is 20.5. The van der Waals surface area contributed by atoms with Crippen molar-refractivity contribution in [2.45, 2.75) is 45.1 Å². The summed E-state index contributed by atoms with van der Waals surface area (Å²) < 4.78 is 107. The molecule has 2 heterocycles. The van der Waals surface area contributed by atoms with Crippen molar-refractivity contribution < 1.29 is 40.2 Å². The summed E-state index contributed by atoms with van der Waals surface area (Å²) in [7, 11) is 1.29. The van der Waals surface area contributed by atoms with Crippen LogP contribution in [0.15, 0.2) is 52.2 Å². The maximum absolute atomic E-state index is 14.5. The highest BCUT2D eigenvalue weighted by Gasteiger charge is 2.62. The van der Waals surface area contributed by atoms with Gasteiger partial charge in [0.1, 0.15) is 11.6 Å². The van der Waals surface area contributed by atoms with E-state index >= 15 is 0 Å². The number of nitrogens with one attached hydrogen (secondary N) is 1. The molecule has 15 heteroatoms. The summed E-state index contributed by atoms with van der Waals surface area (Å²) in [6, 6.07) is 3.03. The number of allylic oxidation sites excluding steroid dienone is 1. The van der Waals surface area contributed by atoms with E-state index in [0.717, 1.165) is 6.07 Å². The van der Waals surface area contributed by atoms with Gasteiger partial charge in [-0.3, -0.25) is 9.36 Å². The first-order valence-corrected chi connectivity index (χ1v) is 10.9. The first kappa shape index (κ1) is 29.4. The Morgan fingerprint density at radius 3 is 2.46 bits per heavy atom. The third-order valence-electron chi connectivity index (χ3n) is 5.66. The van der Waals surface area contributed by atoms with Gasteiger partial charge in [0.05, 0.1) is 24.5 Å². The van der Waals surface area contributed by atoms with Crippen LogP contribution in [-0.4, -0.2) is 34.9 Å². The van der Waals surface area contributed by atoms with Crippen LogP contribution in [0.2, 0.25) is 0 Å². The maximum atomic E-state index is 14.5. The second-order valence-electron chi connectivity index (χ2n) is 8.20. The Bertz CT molecular complexity index is 1460. The van der Waals surface area contributed by atoms with Crippen LogP contribution in [0.25, 0.3) is 0 Å². The number of methoxy groups -OCH3 is 1. The number of nitriles is 1. The summed E-state index contributed by atoms with van der Waals surface area (Å²) in [4.78, 5) is 20.7. The number of aliphatic imine (C=N–C) groups is 1. The quantitative estimate of drug-likeness (QED) is 0.444. The van der Waals surface area contributed by atoms with E-state index < -0.39 is 59.6 Å². The van der Waals surface area contributed by atoms with E-state index in [-0.39, 0.29) is 16.7 Å². The largest absolute Gasteiger partial charge is 0.459 e. The lowest BCUT2D eigenvalue weighted by Gasteiger charge is -2.26. The molecule has 1 aliphatic rings. The fraction of sp³-hybridized carbons (Fsp3) is 0.333. The van der Waals surface area contributed by atoms with Crippen molar-refractivity contribution in [2.24, 2.45) is 4.99 Å². The summed E-state index contributed by atoms with van der Waals surface area (Å²) >= 11 is 0. The Hall–Kier alpha value is -4.19. The highest BCUT2D eigenvalue weighted by atomic mass is 19.4. The fourth-order valence-electron chi connectivity index (χ4n) is 3.62. The Labute approximate surface area is 216 Å². The van der Waals surface area contributed by atoms with E-state index in [9.17, 15) is 40.8 Å². The molecule has 0 saturated carbocycles. The monoisotopic (exact) mass is 559 g/mol. The van der Waals surface area contributed by atoms with Crippen LogP contribution in [0.5, 0.6) is 11.5 Å². The summed E-state index contributed by atoms with van der Waals surface area (Å²) in [5, 5.41) is 12.1. The van der Waals surface area contributed by atoms with Crippen LogP contribution < -0.4 is 15.6 Å². The van der Waals surface area contributed by atoms with Crippen LogP contribution in [0, 0.1) is 18.3 Å². The molecule has 0 fully saturated rings. The van der Waals surface area contributed by atoms with Crippen LogP contribution in [-0.2, 0) is 17.2 Å². The summed E-state index contributed by atoms with van der Waals surface area (Å²) in [5.74, 6) is -7.53. The van der Waals surface area contributed by atoms with Crippen molar-refractivity contribution >= 4 is 5.84 Å². The molecule has 1 N–H and O–H groups in total. The van der Waals surface area contributed by atoms with Gasteiger partial charge in [0.25, 0.3) is 12.0 Å². The summed E-state index contributed by atoms with van der Waals surface area (Å²) in [6.07, 6.45) is -8.51. The number of halogens is 7. The van der Waals surface area contributed by atoms with Gasteiger partial charge in [-0.15, -0.1) is 0 Å². The molecule has 2 aromatic rings. The molecule has 8 nitrogen and oxygen atoms in total. The number of hydrogen-bond donors (Lipinski definition) is 1. The van der Waals surface area contributed by atoms with Crippen molar-refractivity contribution in [1.82, 2.24) is 14.9 Å². The molecule has 0 bridgehead atoms. The standard InChI is InChI=1S/C24H20F7N5O3/c1-5-16-15(21(38-4)35-12(3)34-16)9-36-10-33-19(23(27,28)24(29,30)31)18(22(36)37)39-17-7-13(20(25)26)6-14(8-32)11(17)2/h5-7,10,20-21H,1,9H2,2-4H3,(H,34,35). The van der Waals surface area contributed by atoms with Gasteiger partial charge in [0.15, 0.2) is 11.9 Å². The third kappa shape index (κ3) is 5.65. The van der Waals surface area contributed by atoms with Crippen molar-refractivity contribution in [3.8, 4) is 17.6 Å². The highest BCUT2D eigenvalue weighted by molar-refractivity contribution is 5.83. The third-order valence-corrected chi connectivity index (χ3v) is 5.66. The molecule has 1 aromatic heterocycles. The lowest BCUT2D eigenvalue weighted by Crippen LogP contribution is -2.38. The van der Waals surface area contributed by atoms with Crippen molar-refractivity contribution in [1.29, 1.82) is 5.26 Å². The van der Waals surface area contributed by atoms with Gasteiger partial charge in [-0.2, -0.15) is 27.2 Å². The first-order chi connectivity index (χ1) is 18.2. The van der Waals surface area contributed by atoms with Crippen LogP contribution in [0.3, 0.4) is 0 Å². The number of hydrogen-bond acceptors (Lipinski definition) is 7. The lowest BCUT2D eigenvalue weighted by molar-refractivity contribution is -0.291. The van der Waals surface area contributed by atoms with E-state index in [2.05, 4.69) is 21.9 Å². The minimum absolute atomic E-state index is 0.185. The highest BCUT2D eigenvalue weighted by Crippen LogP contribution is 2.46. The number of benzene rings is 1. The molecule has 1 aromatic carbocycles. The number of aromatic nitrogens is 2. The van der Waals surface area contributed by atoms with Gasteiger partial charge >= 0.3 is 12.1 Å². The summed E-state index contributed by atoms with van der Waals surface area (Å²) in [6.45, 7) is 5.94. The van der Waals surface area contributed by atoms with Gasteiger partial charge in [0.2, 0.25) is 5.75 Å². The SMILES string of the molecule is C=CC1=C(Cn2cnc(C(F)(F)C(F)(F)F)c(Oc3cc(C(F)F)cc(C#N)c3C)c2=O)C(OC)N=C(C)N1. The number of nitrogens with zero attached hydrogens (tertiary/aromatic N) is 4. The second-order valence-corrected chi connectivity index (χ2v) is 8.20. The molecule has 0 aliphatic carbocycles. The average molecular weight is 559 g/mol. The van der Waals surface area contributed by atoms with E-state index in [4.69, 9.17) is 9.47 Å². The summed E-state index contributed by atoms with van der Waals surface area (Å²) in [5.41, 5.74) is -4.37. The van der Waals surface area contributed by atoms with Crippen molar-refractivity contribution in [2.75, 3.05) is 7.11 Å². The van der Waals surface area contributed by atoms with E-state index in [0.29, 0.717) is 28.5 Å². The minimum Gasteiger partial charge on any atom is -0.449 e. The molecule has 1 atom stereocenters. The smallest absolute Gasteiger partial charge is 0.449 e. The number of amidine groups is 1. The first-order valence-electron chi connectivity index (χ1n) is 10.9. The average Bonchev–Trinajstić information content (AvgIpc) is 2.86.